The quantitative estimate of drug-likeness (QED) is 0.875. The van der Waals surface area contributed by atoms with Crippen LogP contribution in [0.15, 0.2) is 71.6 Å². The van der Waals surface area contributed by atoms with Crippen LogP contribution < -0.4 is 10.6 Å². The van der Waals surface area contributed by atoms with Crippen LogP contribution in [-0.2, 0) is 0 Å². The summed E-state index contributed by atoms with van der Waals surface area (Å²) in [5, 5.41) is 5.90. The van der Waals surface area contributed by atoms with Crippen LogP contribution in [0.2, 0.25) is 0 Å². The topological polar surface area (TPSA) is 53.5 Å². The number of anilines is 1. The van der Waals surface area contributed by atoms with Gasteiger partial charge in [0, 0.05) is 29.2 Å². The van der Waals surface area contributed by atoms with E-state index < -0.39 is 0 Å². The molecule has 2 aromatic carbocycles. The summed E-state index contributed by atoms with van der Waals surface area (Å²) in [5.74, 6) is 0.303. The van der Waals surface area contributed by atoms with E-state index in [0.717, 1.165) is 11.3 Å². The first-order valence-corrected chi connectivity index (χ1v) is 6.29. The SMILES string of the molecule is O=C(NC1=CNc2ccccc2C=N1)c1ccccc1. The molecule has 4 nitrogen and oxygen atoms in total. The van der Waals surface area contributed by atoms with Gasteiger partial charge in [0.2, 0.25) is 0 Å². The molecule has 0 fully saturated rings. The highest BCUT2D eigenvalue weighted by molar-refractivity contribution is 5.96. The van der Waals surface area contributed by atoms with Gasteiger partial charge in [-0.15, -0.1) is 0 Å². The summed E-state index contributed by atoms with van der Waals surface area (Å²) < 4.78 is 0. The van der Waals surface area contributed by atoms with E-state index in [4.69, 9.17) is 0 Å². The molecule has 0 unspecified atom stereocenters. The number of benzene rings is 2. The maximum absolute atomic E-state index is 12.0. The second-order valence-electron chi connectivity index (χ2n) is 4.34. The normalized spacial score (nSPS) is 12.7. The average molecular weight is 263 g/mol. The second-order valence-corrected chi connectivity index (χ2v) is 4.34. The van der Waals surface area contributed by atoms with Gasteiger partial charge in [-0.1, -0.05) is 36.4 Å². The Morgan fingerprint density at radius 3 is 2.60 bits per heavy atom. The molecule has 4 heteroatoms. The smallest absolute Gasteiger partial charge is 0.256 e. The lowest BCUT2D eigenvalue weighted by molar-refractivity contribution is 0.0965. The van der Waals surface area contributed by atoms with Crippen LogP contribution in [0.3, 0.4) is 0 Å². The van der Waals surface area contributed by atoms with E-state index >= 15 is 0 Å². The van der Waals surface area contributed by atoms with E-state index in [1.165, 1.54) is 0 Å². The third-order valence-electron chi connectivity index (χ3n) is 2.95. The molecule has 0 atom stereocenters. The lowest BCUT2D eigenvalue weighted by atomic mass is 10.2. The second kappa shape index (κ2) is 5.40. The molecular formula is C16H13N3O. The van der Waals surface area contributed by atoms with Gasteiger partial charge in [0.25, 0.3) is 5.91 Å². The minimum atomic E-state index is -0.179. The molecule has 0 saturated carbocycles. The summed E-state index contributed by atoms with van der Waals surface area (Å²) in [7, 11) is 0. The van der Waals surface area contributed by atoms with Gasteiger partial charge in [0.05, 0.1) is 0 Å². The lowest BCUT2D eigenvalue weighted by Gasteiger charge is -2.05. The third kappa shape index (κ3) is 2.59. The first-order valence-electron chi connectivity index (χ1n) is 6.29. The highest BCUT2D eigenvalue weighted by Crippen LogP contribution is 2.16. The zero-order valence-electron chi connectivity index (χ0n) is 10.7. The number of rotatable bonds is 2. The van der Waals surface area contributed by atoms with Crippen molar-refractivity contribution in [3.8, 4) is 0 Å². The lowest BCUT2D eigenvalue weighted by Crippen LogP contribution is -2.22. The van der Waals surface area contributed by atoms with Crippen LogP contribution >= 0.6 is 0 Å². The maximum atomic E-state index is 12.0. The molecule has 2 aromatic rings. The summed E-state index contributed by atoms with van der Waals surface area (Å²) in [6, 6.07) is 16.9. The van der Waals surface area contributed by atoms with E-state index in [9.17, 15) is 4.79 Å². The number of fused-ring (bicyclic) bond motifs is 1. The van der Waals surface area contributed by atoms with Crippen molar-refractivity contribution in [2.24, 2.45) is 4.99 Å². The molecule has 0 aromatic heterocycles. The standard InChI is InChI=1S/C16H13N3O/c20-16(12-6-2-1-3-7-12)19-15-11-17-14-9-5-4-8-13(14)10-18-15/h1-11,17H,(H,19,20). The van der Waals surface area contributed by atoms with E-state index in [2.05, 4.69) is 15.6 Å². The van der Waals surface area contributed by atoms with Crippen molar-refractivity contribution in [1.29, 1.82) is 0 Å². The Bertz CT molecular complexity index is 690. The zero-order valence-corrected chi connectivity index (χ0v) is 10.7. The summed E-state index contributed by atoms with van der Waals surface area (Å²) >= 11 is 0. The van der Waals surface area contributed by atoms with Crippen molar-refractivity contribution in [1.82, 2.24) is 5.32 Å². The van der Waals surface area contributed by atoms with E-state index in [1.807, 2.05) is 42.5 Å². The fraction of sp³-hybridized carbons (Fsp3) is 0. The van der Waals surface area contributed by atoms with Crippen LogP contribution in [0.1, 0.15) is 15.9 Å². The highest BCUT2D eigenvalue weighted by Gasteiger charge is 2.08. The van der Waals surface area contributed by atoms with Gasteiger partial charge >= 0.3 is 0 Å². The minimum absolute atomic E-state index is 0.179. The number of amides is 1. The molecule has 98 valence electrons. The molecule has 1 amide bonds. The summed E-state index contributed by atoms with van der Waals surface area (Å²) in [5.41, 5.74) is 2.54. The summed E-state index contributed by atoms with van der Waals surface area (Å²) in [6.45, 7) is 0. The van der Waals surface area contributed by atoms with Gasteiger partial charge in [-0.3, -0.25) is 4.79 Å². The molecule has 2 N–H and O–H groups in total. The molecule has 0 aliphatic carbocycles. The number of hydrogen-bond acceptors (Lipinski definition) is 3. The fourth-order valence-corrected chi connectivity index (χ4v) is 1.91. The zero-order chi connectivity index (χ0) is 13.8. The van der Waals surface area contributed by atoms with Crippen molar-refractivity contribution in [3.63, 3.8) is 0 Å². The van der Waals surface area contributed by atoms with Gasteiger partial charge in [-0.05, 0) is 18.2 Å². The Balaban J connectivity index is 1.77. The highest BCUT2D eigenvalue weighted by atomic mass is 16.1. The predicted octanol–water partition coefficient (Wildman–Crippen LogP) is 2.76. The molecule has 20 heavy (non-hydrogen) atoms. The molecule has 0 spiro atoms. The fourth-order valence-electron chi connectivity index (χ4n) is 1.91. The Morgan fingerprint density at radius 2 is 1.75 bits per heavy atom. The van der Waals surface area contributed by atoms with Crippen molar-refractivity contribution in [2.45, 2.75) is 0 Å². The van der Waals surface area contributed by atoms with Gasteiger partial charge in [-0.25, -0.2) is 4.99 Å². The van der Waals surface area contributed by atoms with Crippen LogP contribution in [0.5, 0.6) is 0 Å². The number of nitrogens with zero attached hydrogens (tertiary/aromatic N) is 1. The van der Waals surface area contributed by atoms with Gasteiger partial charge < -0.3 is 10.6 Å². The molecule has 1 aliphatic rings. The number of aliphatic imine (C=N–C) groups is 1. The van der Waals surface area contributed by atoms with E-state index in [0.29, 0.717) is 11.4 Å². The molecule has 1 heterocycles. The first-order chi connectivity index (χ1) is 9.83. The van der Waals surface area contributed by atoms with Crippen LogP contribution in [-0.4, -0.2) is 12.1 Å². The van der Waals surface area contributed by atoms with Crippen molar-refractivity contribution >= 4 is 17.8 Å². The molecule has 1 aliphatic heterocycles. The monoisotopic (exact) mass is 263 g/mol. The van der Waals surface area contributed by atoms with Crippen LogP contribution in [0.4, 0.5) is 5.69 Å². The number of hydrogen-bond donors (Lipinski definition) is 2. The Hall–Kier alpha value is -2.88. The minimum Gasteiger partial charge on any atom is -0.358 e. The van der Waals surface area contributed by atoms with Crippen molar-refractivity contribution in [2.75, 3.05) is 5.32 Å². The maximum Gasteiger partial charge on any atom is 0.256 e. The van der Waals surface area contributed by atoms with Gasteiger partial charge in [0.1, 0.15) is 5.82 Å². The Morgan fingerprint density at radius 1 is 1.00 bits per heavy atom. The molecule has 3 rings (SSSR count). The van der Waals surface area contributed by atoms with E-state index in [-0.39, 0.29) is 5.91 Å². The Kier molecular flexibility index (Phi) is 3.29. The van der Waals surface area contributed by atoms with Gasteiger partial charge in [0.15, 0.2) is 0 Å². The predicted molar refractivity (Wildman–Crippen MR) is 79.6 cm³/mol. The summed E-state index contributed by atoms with van der Waals surface area (Å²) in [4.78, 5) is 16.3. The van der Waals surface area contributed by atoms with Crippen molar-refractivity contribution < 1.29 is 4.79 Å². The number of nitrogens with one attached hydrogen (secondary N) is 2. The molecule has 0 radical (unpaired) electrons. The van der Waals surface area contributed by atoms with E-state index in [1.54, 1.807) is 24.5 Å². The van der Waals surface area contributed by atoms with Crippen LogP contribution in [0, 0.1) is 0 Å². The molecule has 0 bridgehead atoms. The number of carbonyl (C=O) groups excluding carboxylic acids is 1. The van der Waals surface area contributed by atoms with Crippen LogP contribution in [0.25, 0.3) is 0 Å². The average Bonchev–Trinajstić information content (AvgIpc) is 2.71. The molecular weight excluding hydrogens is 250 g/mol. The Labute approximate surface area is 116 Å². The van der Waals surface area contributed by atoms with Crippen molar-refractivity contribution in [3.05, 3.63) is 77.7 Å². The number of carbonyl (C=O) groups is 1. The largest absolute Gasteiger partial charge is 0.358 e. The first kappa shape index (κ1) is 12.2. The summed E-state index contributed by atoms with van der Waals surface area (Å²) in [6.07, 6.45) is 3.41. The van der Waals surface area contributed by atoms with Gasteiger partial charge in [-0.2, -0.15) is 0 Å². The number of para-hydroxylation sites is 1. The third-order valence-corrected chi connectivity index (χ3v) is 2.95. The molecule has 0 saturated heterocycles.